The van der Waals surface area contributed by atoms with Gasteiger partial charge >= 0.3 is 0 Å². The van der Waals surface area contributed by atoms with Gasteiger partial charge in [0.05, 0.1) is 12.1 Å². The maximum absolute atomic E-state index is 9.32. The normalized spacial score (nSPS) is 14.2. The Morgan fingerprint density at radius 1 is 1.35 bits per heavy atom. The SMILES string of the molecule is CCC(C)(CO)Nc1nc(Cl)nc(N(C)C)n1. The van der Waals surface area contributed by atoms with Crippen molar-refractivity contribution in [2.45, 2.75) is 25.8 Å². The molecular weight excluding hydrogens is 242 g/mol. The average Bonchev–Trinajstić information content (AvgIpc) is 2.28. The third-order valence-corrected chi connectivity index (χ3v) is 2.71. The molecule has 1 rings (SSSR count). The Labute approximate surface area is 106 Å². The summed E-state index contributed by atoms with van der Waals surface area (Å²) in [7, 11) is 3.64. The summed E-state index contributed by atoms with van der Waals surface area (Å²) in [6.07, 6.45) is 0.740. The van der Waals surface area contributed by atoms with Gasteiger partial charge in [-0.3, -0.25) is 0 Å². The summed E-state index contributed by atoms with van der Waals surface area (Å²) >= 11 is 5.82. The molecule has 1 heterocycles. The van der Waals surface area contributed by atoms with Crippen molar-refractivity contribution in [2.24, 2.45) is 0 Å². The molecule has 7 heteroatoms. The predicted molar refractivity (Wildman–Crippen MR) is 68.6 cm³/mol. The molecule has 0 aromatic carbocycles. The summed E-state index contributed by atoms with van der Waals surface area (Å²) in [6.45, 7) is 3.85. The molecule has 1 unspecified atom stereocenters. The molecule has 0 aliphatic heterocycles. The van der Waals surface area contributed by atoms with E-state index in [0.717, 1.165) is 6.42 Å². The van der Waals surface area contributed by atoms with Gasteiger partial charge in [0, 0.05) is 14.1 Å². The molecule has 0 aliphatic rings. The van der Waals surface area contributed by atoms with E-state index >= 15 is 0 Å². The first-order valence-electron chi connectivity index (χ1n) is 5.38. The number of anilines is 2. The van der Waals surface area contributed by atoms with Crippen LogP contribution in [-0.2, 0) is 0 Å². The highest BCUT2D eigenvalue weighted by Gasteiger charge is 2.22. The molecule has 2 N–H and O–H groups in total. The van der Waals surface area contributed by atoms with Crippen molar-refractivity contribution in [2.75, 3.05) is 30.9 Å². The molecular formula is C10H18ClN5O. The topological polar surface area (TPSA) is 74.2 Å². The van der Waals surface area contributed by atoms with E-state index in [0.29, 0.717) is 11.9 Å². The Balaban J connectivity index is 2.98. The number of halogens is 1. The number of aliphatic hydroxyl groups is 1. The van der Waals surface area contributed by atoms with Crippen LogP contribution in [0.4, 0.5) is 11.9 Å². The number of hydrogen-bond donors (Lipinski definition) is 2. The lowest BCUT2D eigenvalue weighted by atomic mass is 10.0. The van der Waals surface area contributed by atoms with Crippen molar-refractivity contribution in [3.05, 3.63) is 5.28 Å². The van der Waals surface area contributed by atoms with Crippen molar-refractivity contribution in [1.82, 2.24) is 15.0 Å². The zero-order valence-electron chi connectivity index (χ0n) is 10.5. The molecule has 0 saturated heterocycles. The maximum Gasteiger partial charge on any atom is 0.230 e. The molecule has 17 heavy (non-hydrogen) atoms. The van der Waals surface area contributed by atoms with Crippen LogP contribution in [0, 0.1) is 0 Å². The third-order valence-electron chi connectivity index (χ3n) is 2.54. The molecule has 1 atom stereocenters. The fourth-order valence-electron chi connectivity index (χ4n) is 1.11. The number of hydrogen-bond acceptors (Lipinski definition) is 6. The number of nitrogens with one attached hydrogen (secondary N) is 1. The zero-order chi connectivity index (χ0) is 13.1. The monoisotopic (exact) mass is 259 g/mol. The van der Waals surface area contributed by atoms with E-state index in [1.807, 2.05) is 27.9 Å². The largest absolute Gasteiger partial charge is 0.394 e. The standard InChI is InChI=1S/C10H18ClN5O/c1-5-10(2,6-17)15-8-12-7(11)13-9(14-8)16(3)4/h17H,5-6H2,1-4H3,(H,12,13,14,15). The first-order chi connectivity index (χ1) is 7.90. The average molecular weight is 260 g/mol. The van der Waals surface area contributed by atoms with Gasteiger partial charge in [0.1, 0.15) is 0 Å². The van der Waals surface area contributed by atoms with Crippen LogP contribution < -0.4 is 10.2 Å². The van der Waals surface area contributed by atoms with Gasteiger partial charge in [-0.2, -0.15) is 15.0 Å². The molecule has 0 amide bonds. The number of rotatable bonds is 5. The second-order valence-electron chi connectivity index (χ2n) is 4.32. The molecule has 96 valence electrons. The van der Waals surface area contributed by atoms with E-state index < -0.39 is 5.54 Å². The van der Waals surface area contributed by atoms with E-state index in [9.17, 15) is 5.11 Å². The van der Waals surface area contributed by atoms with Gasteiger partial charge in [-0.15, -0.1) is 0 Å². The van der Waals surface area contributed by atoms with Crippen LogP contribution in [0.25, 0.3) is 0 Å². The third kappa shape index (κ3) is 3.67. The van der Waals surface area contributed by atoms with Crippen molar-refractivity contribution in [3.63, 3.8) is 0 Å². The van der Waals surface area contributed by atoms with E-state index in [1.165, 1.54) is 0 Å². The molecule has 0 radical (unpaired) electrons. The minimum absolute atomic E-state index is 0.00982. The number of nitrogens with zero attached hydrogens (tertiary/aromatic N) is 4. The summed E-state index contributed by atoms with van der Waals surface area (Å²) in [4.78, 5) is 13.9. The molecule has 0 fully saturated rings. The molecule has 1 aromatic heterocycles. The van der Waals surface area contributed by atoms with Gasteiger partial charge < -0.3 is 15.3 Å². The van der Waals surface area contributed by atoms with Gasteiger partial charge in [-0.1, -0.05) is 6.92 Å². The summed E-state index contributed by atoms with van der Waals surface area (Å²) < 4.78 is 0. The summed E-state index contributed by atoms with van der Waals surface area (Å²) in [5.74, 6) is 0.844. The summed E-state index contributed by atoms with van der Waals surface area (Å²) in [5.41, 5.74) is -0.464. The van der Waals surface area contributed by atoms with Gasteiger partial charge in [-0.05, 0) is 24.9 Å². The van der Waals surface area contributed by atoms with Crippen molar-refractivity contribution in [3.8, 4) is 0 Å². The van der Waals surface area contributed by atoms with E-state index in [1.54, 1.807) is 4.90 Å². The molecule has 6 nitrogen and oxygen atoms in total. The fourth-order valence-corrected chi connectivity index (χ4v) is 1.26. The Morgan fingerprint density at radius 2 is 2.00 bits per heavy atom. The predicted octanol–water partition coefficient (Wildman–Crippen LogP) is 1.16. The first kappa shape index (κ1) is 13.9. The van der Waals surface area contributed by atoms with E-state index in [2.05, 4.69) is 20.3 Å². The Morgan fingerprint density at radius 3 is 2.47 bits per heavy atom. The minimum atomic E-state index is -0.464. The van der Waals surface area contributed by atoms with Crippen LogP contribution in [-0.4, -0.2) is 46.3 Å². The Hall–Kier alpha value is -1.14. The highest BCUT2D eigenvalue weighted by Crippen LogP contribution is 2.17. The lowest BCUT2D eigenvalue weighted by Crippen LogP contribution is -2.38. The minimum Gasteiger partial charge on any atom is -0.394 e. The van der Waals surface area contributed by atoms with Crippen LogP contribution in [0.5, 0.6) is 0 Å². The molecule has 1 aromatic rings. The molecule has 0 saturated carbocycles. The second-order valence-corrected chi connectivity index (χ2v) is 4.66. The van der Waals surface area contributed by atoms with Gasteiger partial charge in [-0.25, -0.2) is 0 Å². The quantitative estimate of drug-likeness (QED) is 0.827. The zero-order valence-corrected chi connectivity index (χ0v) is 11.3. The van der Waals surface area contributed by atoms with Crippen molar-refractivity contribution in [1.29, 1.82) is 0 Å². The number of aromatic nitrogens is 3. The van der Waals surface area contributed by atoms with Crippen LogP contribution in [0.1, 0.15) is 20.3 Å². The van der Waals surface area contributed by atoms with E-state index in [-0.39, 0.29) is 11.9 Å². The fraction of sp³-hybridized carbons (Fsp3) is 0.700. The molecule has 0 bridgehead atoms. The lowest BCUT2D eigenvalue weighted by Gasteiger charge is -2.27. The first-order valence-corrected chi connectivity index (χ1v) is 5.76. The lowest BCUT2D eigenvalue weighted by molar-refractivity contribution is 0.218. The molecule has 0 spiro atoms. The smallest absolute Gasteiger partial charge is 0.230 e. The number of aliphatic hydroxyl groups excluding tert-OH is 1. The van der Waals surface area contributed by atoms with E-state index in [4.69, 9.17) is 11.6 Å². The van der Waals surface area contributed by atoms with Crippen LogP contribution in [0.3, 0.4) is 0 Å². The Kier molecular flexibility index (Phi) is 4.47. The summed E-state index contributed by atoms with van der Waals surface area (Å²) in [5, 5.41) is 12.5. The Bertz CT molecular complexity index is 381. The van der Waals surface area contributed by atoms with Crippen LogP contribution >= 0.6 is 11.6 Å². The highest BCUT2D eigenvalue weighted by molar-refractivity contribution is 6.28. The van der Waals surface area contributed by atoms with Gasteiger partial charge in [0.15, 0.2) is 0 Å². The summed E-state index contributed by atoms with van der Waals surface area (Å²) in [6, 6.07) is 0. The van der Waals surface area contributed by atoms with Crippen molar-refractivity contribution < 1.29 is 5.11 Å². The highest BCUT2D eigenvalue weighted by atomic mass is 35.5. The maximum atomic E-state index is 9.32. The van der Waals surface area contributed by atoms with Gasteiger partial charge in [0.2, 0.25) is 17.2 Å². The van der Waals surface area contributed by atoms with Crippen molar-refractivity contribution >= 4 is 23.5 Å². The van der Waals surface area contributed by atoms with Crippen LogP contribution in [0.15, 0.2) is 0 Å². The van der Waals surface area contributed by atoms with Gasteiger partial charge in [0.25, 0.3) is 0 Å². The second kappa shape index (κ2) is 5.46. The van der Waals surface area contributed by atoms with Crippen LogP contribution in [0.2, 0.25) is 5.28 Å². The molecule has 0 aliphatic carbocycles.